The van der Waals surface area contributed by atoms with Gasteiger partial charge in [-0.15, -0.1) is 0 Å². The van der Waals surface area contributed by atoms with E-state index in [1.807, 2.05) is 0 Å². The number of aliphatic hydroxyl groups excluding tert-OH is 1. The molecule has 0 spiro atoms. The number of amides is 3. The summed E-state index contributed by atoms with van der Waals surface area (Å²) in [6, 6.07) is 9.91. The molecule has 12 heteroatoms. The van der Waals surface area contributed by atoms with Crippen molar-refractivity contribution in [1.82, 2.24) is 16.0 Å². The van der Waals surface area contributed by atoms with Gasteiger partial charge >= 0.3 is 6.09 Å². The number of carbonyl (C=O) groups excluding carboxylic acids is 3. The maximum absolute atomic E-state index is 13.5. The Morgan fingerprint density at radius 3 is 2.31 bits per heavy atom. The fraction of sp³-hybridized carbons (Fsp3) is 0.375. The maximum atomic E-state index is 13.5. The lowest BCUT2D eigenvalue weighted by Crippen LogP contribution is -2.84. The molecule has 2 bridgehead atoms. The molecule has 2 aromatic rings. The summed E-state index contributed by atoms with van der Waals surface area (Å²) in [5, 5.41) is 17.8. The van der Waals surface area contributed by atoms with Crippen molar-refractivity contribution in [3.8, 4) is 5.75 Å². The monoisotopic (exact) mass is 539 g/mol. The predicted molar refractivity (Wildman–Crippen MR) is 128 cm³/mol. The van der Waals surface area contributed by atoms with Crippen molar-refractivity contribution in [2.45, 2.75) is 36.4 Å². The molecule has 5 rings (SSSR count). The molecule has 3 amide bonds. The van der Waals surface area contributed by atoms with Crippen LogP contribution in [0.1, 0.15) is 30.9 Å². The van der Waals surface area contributed by atoms with Crippen molar-refractivity contribution in [1.29, 1.82) is 0 Å². The molecule has 0 aromatic heterocycles. The molecule has 1 unspecified atom stereocenters. The first-order valence-corrected chi connectivity index (χ1v) is 11.9. The lowest BCUT2D eigenvalue weighted by atomic mass is 9.44. The number of aliphatic hydroxyl groups is 1. The molecule has 3 saturated carbocycles. The topological polar surface area (TPSA) is 126 Å². The Kier molecular flexibility index (Phi) is 7.58. The molecular formula is C24H24Cl2FN3O6. The third kappa shape index (κ3) is 6.00. The van der Waals surface area contributed by atoms with E-state index in [1.165, 1.54) is 12.1 Å². The number of benzene rings is 2. The van der Waals surface area contributed by atoms with Gasteiger partial charge in [-0.3, -0.25) is 9.59 Å². The van der Waals surface area contributed by atoms with Crippen LogP contribution in [0.3, 0.4) is 0 Å². The number of halogens is 3. The van der Waals surface area contributed by atoms with Crippen LogP contribution in [0, 0.1) is 5.82 Å². The van der Waals surface area contributed by atoms with E-state index in [9.17, 15) is 18.8 Å². The first-order chi connectivity index (χ1) is 17.1. The number of carbonyl (C=O) groups is 3. The SMILES string of the molecule is O=C(CO)NC(COC(=O)NC12CC(NC(=O)COc3ccc(Cl)c(F)c3)(C1)C2)c1ccc(Cl)cc1. The van der Waals surface area contributed by atoms with Crippen molar-refractivity contribution in [3.05, 3.63) is 63.9 Å². The number of hydrogen-bond acceptors (Lipinski definition) is 6. The van der Waals surface area contributed by atoms with Crippen LogP contribution >= 0.6 is 23.2 Å². The summed E-state index contributed by atoms with van der Waals surface area (Å²) in [5.74, 6) is -1.41. The summed E-state index contributed by atoms with van der Waals surface area (Å²) in [4.78, 5) is 36.3. The van der Waals surface area contributed by atoms with Gasteiger partial charge in [-0.25, -0.2) is 9.18 Å². The highest BCUT2D eigenvalue weighted by atomic mass is 35.5. The molecule has 0 aliphatic heterocycles. The molecule has 3 fully saturated rings. The van der Waals surface area contributed by atoms with Gasteiger partial charge in [0.1, 0.15) is 24.8 Å². The molecule has 1 atom stereocenters. The summed E-state index contributed by atoms with van der Waals surface area (Å²) in [6.07, 6.45) is 0.967. The molecule has 3 aliphatic rings. The van der Waals surface area contributed by atoms with Crippen LogP contribution in [0.4, 0.5) is 9.18 Å². The minimum atomic E-state index is -0.700. The zero-order valence-corrected chi connectivity index (χ0v) is 20.5. The van der Waals surface area contributed by atoms with Gasteiger partial charge in [0, 0.05) is 16.6 Å². The normalized spacial score (nSPS) is 22.3. The molecule has 2 aromatic carbocycles. The molecule has 0 saturated heterocycles. The van der Waals surface area contributed by atoms with Crippen molar-refractivity contribution in [2.75, 3.05) is 19.8 Å². The van der Waals surface area contributed by atoms with Gasteiger partial charge in [-0.2, -0.15) is 0 Å². The van der Waals surface area contributed by atoms with Crippen molar-refractivity contribution < 1.29 is 33.4 Å². The molecule has 0 heterocycles. The Hall–Kier alpha value is -3.08. The van der Waals surface area contributed by atoms with Gasteiger partial charge < -0.3 is 30.5 Å². The van der Waals surface area contributed by atoms with Crippen molar-refractivity contribution in [3.63, 3.8) is 0 Å². The zero-order valence-electron chi connectivity index (χ0n) is 19.0. The first-order valence-electron chi connectivity index (χ1n) is 11.1. The molecule has 9 nitrogen and oxygen atoms in total. The summed E-state index contributed by atoms with van der Waals surface area (Å²) in [6.45, 7) is -1.13. The number of hydrogen-bond donors (Lipinski definition) is 4. The van der Waals surface area contributed by atoms with E-state index in [4.69, 9.17) is 37.8 Å². The molecule has 3 aliphatic carbocycles. The Balaban J connectivity index is 1.20. The predicted octanol–water partition coefficient (Wildman–Crippen LogP) is 2.88. The minimum absolute atomic E-state index is 0.0348. The average Bonchev–Trinajstić information content (AvgIpc) is 2.80. The fourth-order valence-corrected chi connectivity index (χ4v) is 4.91. The van der Waals surface area contributed by atoms with Crippen LogP contribution in [0.15, 0.2) is 42.5 Å². The highest BCUT2D eigenvalue weighted by Gasteiger charge is 2.69. The average molecular weight is 540 g/mol. The van der Waals surface area contributed by atoms with Gasteiger partial charge in [-0.05, 0) is 49.1 Å². The Morgan fingerprint density at radius 2 is 1.67 bits per heavy atom. The van der Waals surface area contributed by atoms with Crippen LogP contribution < -0.4 is 20.7 Å². The van der Waals surface area contributed by atoms with E-state index in [-0.39, 0.29) is 29.9 Å². The zero-order chi connectivity index (χ0) is 25.9. The lowest BCUT2D eigenvalue weighted by Gasteiger charge is -2.70. The van der Waals surface area contributed by atoms with E-state index >= 15 is 0 Å². The van der Waals surface area contributed by atoms with E-state index in [2.05, 4.69) is 16.0 Å². The van der Waals surface area contributed by atoms with Gasteiger partial charge in [0.25, 0.3) is 5.91 Å². The highest BCUT2D eigenvalue weighted by Crippen LogP contribution is 2.60. The second kappa shape index (κ2) is 10.5. The van der Waals surface area contributed by atoms with Gasteiger partial charge in [0.05, 0.1) is 16.6 Å². The summed E-state index contributed by atoms with van der Waals surface area (Å²) >= 11 is 11.5. The smallest absolute Gasteiger partial charge is 0.407 e. The van der Waals surface area contributed by atoms with Crippen molar-refractivity contribution in [2.24, 2.45) is 0 Å². The fourth-order valence-electron chi connectivity index (χ4n) is 4.67. The van der Waals surface area contributed by atoms with Crippen LogP contribution in [0.2, 0.25) is 10.0 Å². The Morgan fingerprint density at radius 1 is 1.00 bits per heavy atom. The van der Waals surface area contributed by atoms with Crippen LogP contribution in [0.25, 0.3) is 0 Å². The standard InChI is InChI=1S/C24H24Cl2FN3O6/c25-15-3-1-14(2-4-15)19(28-20(32)8-31)9-36-22(34)30-24-11-23(12-24,13-24)29-21(33)10-35-16-5-6-17(26)18(27)7-16/h1-7,19,31H,8-13H2,(H,28,32)(H,29,33)(H,30,34). The van der Waals surface area contributed by atoms with Gasteiger partial charge in [0.2, 0.25) is 5.91 Å². The number of alkyl carbamates (subject to hydrolysis) is 1. The largest absolute Gasteiger partial charge is 0.484 e. The Bertz CT molecular complexity index is 1140. The maximum Gasteiger partial charge on any atom is 0.407 e. The van der Waals surface area contributed by atoms with Crippen LogP contribution in [-0.4, -0.2) is 53.9 Å². The quantitative estimate of drug-likeness (QED) is 0.367. The third-order valence-electron chi connectivity index (χ3n) is 6.20. The second-order valence-corrected chi connectivity index (χ2v) is 9.90. The highest BCUT2D eigenvalue weighted by molar-refractivity contribution is 6.30. The molecule has 192 valence electrons. The van der Waals surface area contributed by atoms with Crippen LogP contribution in [-0.2, 0) is 14.3 Å². The van der Waals surface area contributed by atoms with Crippen molar-refractivity contribution >= 4 is 41.1 Å². The lowest BCUT2D eigenvalue weighted by molar-refractivity contribution is -0.142. The molecular weight excluding hydrogens is 516 g/mol. The number of ether oxygens (including phenoxy) is 2. The minimum Gasteiger partial charge on any atom is -0.484 e. The van der Waals surface area contributed by atoms with Gasteiger partial charge in [0.15, 0.2) is 6.61 Å². The summed E-state index contributed by atoms with van der Waals surface area (Å²) in [7, 11) is 0. The van der Waals surface area contributed by atoms with Gasteiger partial charge in [-0.1, -0.05) is 35.3 Å². The first kappa shape index (κ1) is 26.0. The number of nitrogens with one attached hydrogen (secondary N) is 3. The summed E-state index contributed by atoms with van der Waals surface area (Å²) < 4.78 is 24.1. The van der Waals surface area contributed by atoms with E-state index in [0.717, 1.165) is 6.07 Å². The molecule has 0 radical (unpaired) electrons. The third-order valence-corrected chi connectivity index (χ3v) is 6.75. The number of rotatable bonds is 10. The van der Waals surface area contributed by atoms with E-state index in [0.29, 0.717) is 29.8 Å². The molecule has 4 N–H and O–H groups in total. The summed E-state index contributed by atoms with van der Waals surface area (Å²) in [5.41, 5.74) is -0.223. The molecule has 36 heavy (non-hydrogen) atoms. The van der Waals surface area contributed by atoms with E-state index < -0.39 is 41.5 Å². The Labute approximate surface area is 216 Å². The second-order valence-electron chi connectivity index (χ2n) is 9.06. The van der Waals surface area contributed by atoms with Crippen LogP contribution in [0.5, 0.6) is 5.75 Å². The van der Waals surface area contributed by atoms with E-state index in [1.54, 1.807) is 24.3 Å².